The van der Waals surface area contributed by atoms with E-state index in [0.29, 0.717) is 18.6 Å². The SMILES string of the molecule is CN(C)c1c(C(=O)N[C@H]2CCOc3ccccc32)cnc2c(N3CCc4cc(Cl)ccc43)nccc12. The fourth-order valence-electron chi connectivity index (χ4n) is 5.26. The Balaban J connectivity index is 1.39. The molecule has 182 valence electrons. The number of nitrogens with one attached hydrogen (secondary N) is 1. The molecule has 7 nitrogen and oxygen atoms in total. The zero-order valence-corrected chi connectivity index (χ0v) is 20.9. The number of hydrogen-bond acceptors (Lipinski definition) is 6. The van der Waals surface area contributed by atoms with Crippen LogP contribution in [-0.4, -0.2) is 43.1 Å². The van der Waals surface area contributed by atoms with E-state index >= 15 is 0 Å². The van der Waals surface area contributed by atoms with Gasteiger partial charge < -0.3 is 19.9 Å². The summed E-state index contributed by atoms with van der Waals surface area (Å²) in [6.45, 7) is 1.36. The van der Waals surface area contributed by atoms with Gasteiger partial charge in [0, 0.05) is 61.1 Å². The normalized spacial score (nSPS) is 16.3. The first kappa shape index (κ1) is 22.6. The number of anilines is 3. The third kappa shape index (κ3) is 3.80. The van der Waals surface area contributed by atoms with Crippen LogP contribution in [0.2, 0.25) is 5.02 Å². The highest BCUT2D eigenvalue weighted by atomic mass is 35.5. The molecule has 2 aliphatic rings. The molecular weight excluding hydrogens is 474 g/mol. The van der Waals surface area contributed by atoms with Crippen molar-refractivity contribution in [1.29, 1.82) is 0 Å². The minimum Gasteiger partial charge on any atom is -0.493 e. The van der Waals surface area contributed by atoms with Crippen molar-refractivity contribution in [3.05, 3.63) is 82.6 Å². The van der Waals surface area contributed by atoms with Gasteiger partial charge in [0.1, 0.15) is 11.3 Å². The highest BCUT2D eigenvalue weighted by molar-refractivity contribution is 6.30. The second-order valence-corrected chi connectivity index (χ2v) is 9.76. The molecule has 0 saturated heterocycles. The number of carbonyl (C=O) groups is 1. The lowest BCUT2D eigenvalue weighted by Gasteiger charge is -2.28. The third-order valence-corrected chi connectivity index (χ3v) is 7.12. The Labute approximate surface area is 214 Å². The van der Waals surface area contributed by atoms with Crippen LogP contribution in [0.5, 0.6) is 5.75 Å². The zero-order chi connectivity index (χ0) is 24.8. The molecule has 1 atom stereocenters. The number of halogens is 1. The molecule has 0 bridgehead atoms. The molecule has 4 heterocycles. The highest BCUT2D eigenvalue weighted by Crippen LogP contribution is 2.40. The number of ether oxygens (including phenoxy) is 1. The Morgan fingerprint density at radius 2 is 2.03 bits per heavy atom. The molecule has 36 heavy (non-hydrogen) atoms. The summed E-state index contributed by atoms with van der Waals surface area (Å²) in [5.74, 6) is 1.44. The minimum atomic E-state index is -0.158. The van der Waals surface area contributed by atoms with E-state index in [2.05, 4.69) is 10.2 Å². The van der Waals surface area contributed by atoms with Crippen molar-refractivity contribution in [2.75, 3.05) is 37.0 Å². The smallest absolute Gasteiger partial charge is 0.255 e. The van der Waals surface area contributed by atoms with Crippen molar-refractivity contribution in [1.82, 2.24) is 15.3 Å². The average molecular weight is 500 g/mol. The van der Waals surface area contributed by atoms with Crippen molar-refractivity contribution >= 4 is 45.6 Å². The van der Waals surface area contributed by atoms with E-state index in [1.807, 2.05) is 67.5 Å². The highest BCUT2D eigenvalue weighted by Gasteiger charge is 2.28. The molecule has 0 fully saturated rings. The fraction of sp³-hybridized carbons (Fsp3) is 0.250. The number of rotatable bonds is 4. The van der Waals surface area contributed by atoms with Crippen molar-refractivity contribution in [2.45, 2.75) is 18.9 Å². The van der Waals surface area contributed by atoms with Gasteiger partial charge in [-0.3, -0.25) is 9.78 Å². The molecule has 0 spiro atoms. The quantitative estimate of drug-likeness (QED) is 0.411. The van der Waals surface area contributed by atoms with Gasteiger partial charge in [0.25, 0.3) is 5.91 Å². The molecule has 0 aliphatic carbocycles. The maximum absolute atomic E-state index is 13.6. The number of benzene rings is 2. The number of nitrogens with zero attached hydrogens (tertiary/aromatic N) is 4. The molecule has 2 aliphatic heterocycles. The Hall–Kier alpha value is -3.84. The number of fused-ring (bicyclic) bond motifs is 3. The first-order chi connectivity index (χ1) is 17.5. The molecular formula is C28H26ClN5O2. The van der Waals surface area contributed by atoms with Gasteiger partial charge in [0.05, 0.1) is 23.9 Å². The fourth-order valence-corrected chi connectivity index (χ4v) is 5.46. The van der Waals surface area contributed by atoms with Crippen LogP contribution in [0.15, 0.2) is 60.9 Å². The monoisotopic (exact) mass is 499 g/mol. The van der Waals surface area contributed by atoms with Gasteiger partial charge >= 0.3 is 0 Å². The van der Waals surface area contributed by atoms with Gasteiger partial charge in [-0.1, -0.05) is 29.8 Å². The van der Waals surface area contributed by atoms with E-state index in [1.54, 1.807) is 12.4 Å². The van der Waals surface area contributed by atoms with E-state index < -0.39 is 0 Å². The van der Waals surface area contributed by atoms with Crippen LogP contribution in [-0.2, 0) is 6.42 Å². The summed E-state index contributed by atoms with van der Waals surface area (Å²) in [5, 5.41) is 4.83. The molecule has 0 saturated carbocycles. The molecule has 4 aromatic rings. The van der Waals surface area contributed by atoms with Crippen LogP contribution < -0.4 is 19.9 Å². The number of carbonyl (C=O) groups excluding carboxylic acids is 1. The maximum Gasteiger partial charge on any atom is 0.255 e. The number of hydrogen-bond donors (Lipinski definition) is 1. The lowest BCUT2D eigenvalue weighted by Crippen LogP contribution is -2.33. The summed E-state index contributed by atoms with van der Waals surface area (Å²) in [4.78, 5) is 27.2. The first-order valence-electron chi connectivity index (χ1n) is 12.0. The first-order valence-corrected chi connectivity index (χ1v) is 12.4. The zero-order valence-electron chi connectivity index (χ0n) is 20.2. The predicted molar refractivity (Wildman–Crippen MR) is 143 cm³/mol. The second kappa shape index (κ2) is 8.99. The third-order valence-electron chi connectivity index (χ3n) is 6.89. The molecule has 8 heteroatoms. The van der Waals surface area contributed by atoms with Crippen molar-refractivity contribution in [3.8, 4) is 5.75 Å². The molecule has 0 unspecified atom stereocenters. The van der Waals surface area contributed by atoms with E-state index in [1.165, 1.54) is 5.56 Å². The summed E-state index contributed by atoms with van der Waals surface area (Å²) in [5.41, 5.74) is 5.39. The van der Waals surface area contributed by atoms with Gasteiger partial charge in [-0.2, -0.15) is 0 Å². The van der Waals surface area contributed by atoms with Gasteiger partial charge in [-0.25, -0.2) is 4.98 Å². The summed E-state index contributed by atoms with van der Waals surface area (Å²) >= 11 is 6.22. The Morgan fingerprint density at radius 3 is 2.89 bits per heavy atom. The molecule has 2 aromatic carbocycles. The maximum atomic E-state index is 13.6. The Bertz CT molecular complexity index is 1490. The van der Waals surface area contributed by atoms with E-state index in [0.717, 1.165) is 57.4 Å². The second-order valence-electron chi connectivity index (χ2n) is 9.32. The lowest BCUT2D eigenvalue weighted by molar-refractivity contribution is 0.0925. The Kier molecular flexibility index (Phi) is 5.64. The molecule has 1 N–H and O–H groups in total. The number of amides is 1. The van der Waals surface area contributed by atoms with Gasteiger partial charge in [-0.05, 0) is 42.3 Å². The minimum absolute atomic E-state index is 0.117. The van der Waals surface area contributed by atoms with Crippen molar-refractivity contribution in [3.63, 3.8) is 0 Å². The average Bonchev–Trinajstić information content (AvgIpc) is 3.30. The van der Waals surface area contributed by atoms with Crippen LogP contribution in [0.1, 0.15) is 33.9 Å². The van der Waals surface area contributed by atoms with Crippen LogP contribution in [0.4, 0.5) is 17.2 Å². The van der Waals surface area contributed by atoms with Gasteiger partial charge in [-0.15, -0.1) is 0 Å². The largest absolute Gasteiger partial charge is 0.493 e. The Morgan fingerprint density at radius 1 is 1.17 bits per heavy atom. The van der Waals surface area contributed by atoms with E-state index in [9.17, 15) is 4.79 Å². The predicted octanol–water partition coefficient (Wildman–Crippen LogP) is 5.30. The standard InChI is InChI=1S/C28H26ClN5O2/c1-33(2)26-20-9-12-30-27(34-13-10-17-15-18(29)7-8-23(17)34)25(20)31-16-21(26)28(35)32-22-11-14-36-24-6-4-3-5-19(22)24/h3-9,12,15-16,22H,10-11,13-14H2,1-2H3,(H,32,35)/t22-/m0/s1. The lowest BCUT2D eigenvalue weighted by atomic mass is 10.00. The number of aromatic nitrogens is 2. The summed E-state index contributed by atoms with van der Waals surface area (Å²) in [6.07, 6.45) is 5.06. The number of para-hydroxylation sites is 1. The van der Waals surface area contributed by atoms with E-state index in [4.69, 9.17) is 26.3 Å². The summed E-state index contributed by atoms with van der Waals surface area (Å²) < 4.78 is 5.76. The van der Waals surface area contributed by atoms with Gasteiger partial charge in [0.15, 0.2) is 5.82 Å². The van der Waals surface area contributed by atoms with Crippen LogP contribution in [0.3, 0.4) is 0 Å². The molecule has 1 amide bonds. The van der Waals surface area contributed by atoms with Crippen LogP contribution >= 0.6 is 11.6 Å². The van der Waals surface area contributed by atoms with E-state index in [-0.39, 0.29) is 11.9 Å². The molecule has 6 rings (SSSR count). The van der Waals surface area contributed by atoms with Crippen molar-refractivity contribution < 1.29 is 9.53 Å². The number of pyridine rings is 2. The van der Waals surface area contributed by atoms with Crippen LogP contribution in [0, 0.1) is 0 Å². The van der Waals surface area contributed by atoms with Gasteiger partial charge in [0.2, 0.25) is 0 Å². The summed E-state index contributed by atoms with van der Waals surface area (Å²) in [7, 11) is 3.89. The van der Waals surface area contributed by atoms with Crippen LogP contribution in [0.25, 0.3) is 10.9 Å². The van der Waals surface area contributed by atoms with Crippen molar-refractivity contribution in [2.24, 2.45) is 0 Å². The molecule has 0 radical (unpaired) electrons. The molecule has 2 aromatic heterocycles. The summed E-state index contributed by atoms with van der Waals surface area (Å²) in [6, 6.07) is 15.6. The topological polar surface area (TPSA) is 70.6 Å².